The predicted octanol–water partition coefficient (Wildman–Crippen LogP) is 3.68. The fourth-order valence-electron chi connectivity index (χ4n) is 2.34. The summed E-state index contributed by atoms with van der Waals surface area (Å²) in [5.41, 5.74) is -0.0297. The number of alkyl halides is 3. The van der Waals surface area contributed by atoms with E-state index in [9.17, 15) is 18.0 Å². The quantitative estimate of drug-likeness (QED) is 0.718. The van der Waals surface area contributed by atoms with Gasteiger partial charge in [0.1, 0.15) is 17.6 Å². The number of hydrogen-bond acceptors (Lipinski definition) is 6. The molecule has 0 aliphatic heterocycles. The summed E-state index contributed by atoms with van der Waals surface area (Å²) in [6.45, 7) is -1.56. The van der Waals surface area contributed by atoms with Crippen molar-refractivity contribution in [3.05, 3.63) is 35.4 Å². The number of nitrogens with one attached hydrogen (secondary N) is 2. The lowest BCUT2D eigenvalue weighted by Gasteiger charge is -2.27. The van der Waals surface area contributed by atoms with E-state index in [1.54, 1.807) is 0 Å². The van der Waals surface area contributed by atoms with Crippen LogP contribution in [0.3, 0.4) is 0 Å². The maximum atomic E-state index is 12.6. The molecule has 27 heavy (non-hydrogen) atoms. The largest absolute Gasteiger partial charge is 0.467 e. The van der Waals surface area contributed by atoms with Crippen molar-refractivity contribution in [1.82, 2.24) is 15.0 Å². The molecule has 3 rings (SSSR count). The molecule has 2 aromatic heterocycles. The first kappa shape index (κ1) is 19.2. The van der Waals surface area contributed by atoms with Gasteiger partial charge < -0.3 is 15.4 Å². The van der Waals surface area contributed by atoms with Crippen LogP contribution in [-0.2, 0) is 0 Å². The van der Waals surface area contributed by atoms with Gasteiger partial charge in [-0.2, -0.15) is 13.2 Å². The van der Waals surface area contributed by atoms with E-state index in [-0.39, 0.29) is 22.4 Å². The highest BCUT2D eigenvalue weighted by atomic mass is 35.5. The molecule has 1 amide bonds. The van der Waals surface area contributed by atoms with E-state index in [2.05, 4.69) is 30.3 Å². The zero-order valence-electron chi connectivity index (χ0n) is 13.9. The lowest BCUT2D eigenvalue weighted by molar-refractivity contribution is -0.154. The van der Waals surface area contributed by atoms with Crippen LogP contribution in [0, 0.1) is 0 Å². The SMILES string of the molecule is O=C(Nc1c(Cl)ncnc1NC1CCC1)c1cccnc1OCC(F)(F)F. The van der Waals surface area contributed by atoms with Gasteiger partial charge in [0.05, 0.1) is 0 Å². The van der Waals surface area contributed by atoms with Crippen molar-refractivity contribution in [2.24, 2.45) is 0 Å². The number of anilines is 2. The van der Waals surface area contributed by atoms with E-state index in [1.165, 1.54) is 24.7 Å². The molecule has 0 spiro atoms. The Balaban J connectivity index is 1.80. The Morgan fingerprint density at radius 2 is 2.07 bits per heavy atom. The van der Waals surface area contributed by atoms with Crippen LogP contribution in [0.2, 0.25) is 5.15 Å². The van der Waals surface area contributed by atoms with E-state index in [4.69, 9.17) is 11.6 Å². The number of halogens is 4. The fraction of sp³-hybridized carbons (Fsp3) is 0.375. The average molecular weight is 402 g/mol. The average Bonchev–Trinajstić information content (AvgIpc) is 2.58. The molecule has 1 fully saturated rings. The number of aromatic nitrogens is 3. The van der Waals surface area contributed by atoms with Crippen molar-refractivity contribution in [2.45, 2.75) is 31.5 Å². The van der Waals surface area contributed by atoms with Crippen molar-refractivity contribution < 1.29 is 22.7 Å². The molecule has 0 bridgehead atoms. The molecule has 0 radical (unpaired) electrons. The third-order valence-electron chi connectivity index (χ3n) is 3.87. The summed E-state index contributed by atoms with van der Waals surface area (Å²) in [6.07, 6.45) is 0.946. The van der Waals surface area contributed by atoms with Gasteiger partial charge in [-0.3, -0.25) is 4.79 Å². The lowest BCUT2D eigenvalue weighted by Crippen LogP contribution is -2.28. The second kappa shape index (κ2) is 7.95. The summed E-state index contributed by atoms with van der Waals surface area (Å²) in [7, 11) is 0. The number of hydrogen-bond donors (Lipinski definition) is 2. The number of pyridine rings is 1. The molecule has 7 nitrogen and oxygen atoms in total. The molecule has 1 saturated carbocycles. The van der Waals surface area contributed by atoms with Crippen molar-refractivity contribution in [2.75, 3.05) is 17.2 Å². The first-order valence-electron chi connectivity index (χ1n) is 8.06. The minimum atomic E-state index is -4.55. The number of amides is 1. The van der Waals surface area contributed by atoms with Gasteiger partial charge in [-0.05, 0) is 31.4 Å². The molecule has 0 saturated heterocycles. The van der Waals surface area contributed by atoms with Crippen LogP contribution in [-0.4, -0.2) is 39.7 Å². The van der Waals surface area contributed by atoms with E-state index < -0.39 is 24.6 Å². The van der Waals surface area contributed by atoms with Crippen LogP contribution in [0.25, 0.3) is 0 Å². The molecule has 144 valence electrons. The number of carbonyl (C=O) groups excluding carboxylic acids is 1. The highest BCUT2D eigenvalue weighted by molar-refractivity contribution is 6.33. The van der Waals surface area contributed by atoms with Gasteiger partial charge in [-0.1, -0.05) is 11.6 Å². The Bertz CT molecular complexity index is 830. The zero-order chi connectivity index (χ0) is 19.4. The highest BCUT2D eigenvalue weighted by Gasteiger charge is 2.30. The number of carbonyl (C=O) groups is 1. The second-order valence-electron chi connectivity index (χ2n) is 5.87. The molecular formula is C16H15ClF3N5O2. The van der Waals surface area contributed by atoms with Crippen molar-refractivity contribution in [3.8, 4) is 5.88 Å². The van der Waals surface area contributed by atoms with Crippen LogP contribution in [0.1, 0.15) is 29.6 Å². The highest BCUT2D eigenvalue weighted by Crippen LogP contribution is 2.31. The first-order chi connectivity index (χ1) is 12.8. The third-order valence-corrected chi connectivity index (χ3v) is 4.16. The van der Waals surface area contributed by atoms with Gasteiger partial charge in [-0.15, -0.1) is 0 Å². The Morgan fingerprint density at radius 1 is 1.30 bits per heavy atom. The normalized spacial score (nSPS) is 14.4. The summed E-state index contributed by atoms with van der Waals surface area (Å²) in [5.74, 6) is -0.836. The summed E-state index contributed by atoms with van der Waals surface area (Å²) >= 11 is 6.06. The monoisotopic (exact) mass is 401 g/mol. The molecule has 0 aromatic carbocycles. The summed E-state index contributed by atoms with van der Waals surface area (Å²) in [6, 6.07) is 2.92. The number of nitrogens with zero attached hydrogens (tertiary/aromatic N) is 3. The molecular weight excluding hydrogens is 387 g/mol. The molecule has 1 aliphatic rings. The minimum absolute atomic E-state index is 0.00169. The Hall–Kier alpha value is -2.62. The van der Waals surface area contributed by atoms with Crippen LogP contribution in [0.15, 0.2) is 24.7 Å². The van der Waals surface area contributed by atoms with E-state index in [0.717, 1.165) is 19.3 Å². The van der Waals surface area contributed by atoms with Gasteiger partial charge in [0, 0.05) is 12.2 Å². The number of rotatable bonds is 6. The molecule has 2 aromatic rings. The van der Waals surface area contributed by atoms with E-state index in [0.29, 0.717) is 5.82 Å². The first-order valence-corrected chi connectivity index (χ1v) is 8.44. The maximum Gasteiger partial charge on any atom is 0.422 e. The van der Waals surface area contributed by atoms with Gasteiger partial charge in [0.25, 0.3) is 5.91 Å². The van der Waals surface area contributed by atoms with Crippen LogP contribution in [0.4, 0.5) is 24.7 Å². The third kappa shape index (κ3) is 4.97. The molecule has 0 atom stereocenters. The summed E-state index contributed by atoms with van der Waals surface area (Å²) in [5, 5.41) is 5.69. The van der Waals surface area contributed by atoms with Gasteiger partial charge in [0.2, 0.25) is 5.88 Å². The molecule has 2 heterocycles. The van der Waals surface area contributed by atoms with Gasteiger partial charge >= 0.3 is 6.18 Å². The van der Waals surface area contributed by atoms with Gasteiger partial charge in [-0.25, -0.2) is 15.0 Å². The standard InChI is InChI=1S/C16H15ClF3N5O2/c17-12-11(13(23-8-22-12)24-9-3-1-4-9)25-14(26)10-5-2-6-21-15(10)27-7-16(18,19)20/h2,5-6,8-9H,1,3-4,7H2,(H,25,26)(H,22,23,24). The molecule has 0 unspecified atom stereocenters. The van der Waals surface area contributed by atoms with Crippen molar-refractivity contribution >= 4 is 29.0 Å². The maximum absolute atomic E-state index is 12.6. The van der Waals surface area contributed by atoms with E-state index >= 15 is 0 Å². The smallest absolute Gasteiger partial charge is 0.422 e. The van der Waals surface area contributed by atoms with Crippen molar-refractivity contribution in [1.29, 1.82) is 0 Å². The van der Waals surface area contributed by atoms with Crippen LogP contribution >= 0.6 is 11.6 Å². The second-order valence-corrected chi connectivity index (χ2v) is 6.23. The molecule has 11 heteroatoms. The Labute approximate surface area is 157 Å². The van der Waals surface area contributed by atoms with Gasteiger partial charge in [0.15, 0.2) is 17.6 Å². The van der Waals surface area contributed by atoms with Crippen LogP contribution in [0.5, 0.6) is 5.88 Å². The minimum Gasteiger partial charge on any atom is -0.467 e. The topological polar surface area (TPSA) is 89.0 Å². The predicted molar refractivity (Wildman–Crippen MR) is 92.0 cm³/mol. The van der Waals surface area contributed by atoms with E-state index in [1.807, 2.05) is 0 Å². The lowest BCUT2D eigenvalue weighted by atomic mass is 9.93. The summed E-state index contributed by atoms with van der Waals surface area (Å²) in [4.78, 5) is 24.2. The zero-order valence-corrected chi connectivity index (χ0v) is 14.6. The van der Waals surface area contributed by atoms with Crippen LogP contribution < -0.4 is 15.4 Å². The molecule has 2 N–H and O–H groups in total. The Morgan fingerprint density at radius 3 is 2.74 bits per heavy atom. The summed E-state index contributed by atoms with van der Waals surface area (Å²) < 4.78 is 41.8. The molecule has 1 aliphatic carbocycles. The number of ether oxygens (including phenoxy) is 1. The van der Waals surface area contributed by atoms with Crippen molar-refractivity contribution in [3.63, 3.8) is 0 Å². The fourth-order valence-corrected chi connectivity index (χ4v) is 2.52. The Kier molecular flexibility index (Phi) is 5.64.